The molecule has 1 atom stereocenters. The van der Waals surface area contributed by atoms with Crippen LogP contribution in [0.5, 0.6) is 0 Å². The Balaban J connectivity index is 1.50. The quantitative estimate of drug-likeness (QED) is 0.670. The molecule has 5 nitrogen and oxygen atoms in total. The zero-order valence-electron chi connectivity index (χ0n) is 18.6. The summed E-state index contributed by atoms with van der Waals surface area (Å²) in [5.41, 5.74) is -2.33. The zero-order chi connectivity index (χ0) is 23.9. The van der Waals surface area contributed by atoms with Crippen LogP contribution in [0.4, 0.5) is 13.2 Å². The van der Waals surface area contributed by atoms with Gasteiger partial charge in [0.1, 0.15) is 0 Å². The van der Waals surface area contributed by atoms with Crippen molar-refractivity contribution in [2.45, 2.75) is 74.7 Å². The molecule has 178 valence electrons. The summed E-state index contributed by atoms with van der Waals surface area (Å²) in [5, 5.41) is 20.1. The molecule has 8 heteroatoms. The number of pyridine rings is 1. The molecule has 2 aliphatic rings. The summed E-state index contributed by atoms with van der Waals surface area (Å²) >= 11 is 0. The third-order valence-electron chi connectivity index (χ3n) is 7.30. The van der Waals surface area contributed by atoms with Gasteiger partial charge >= 0.3 is 6.18 Å². The van der Waals surface area contributed by atoms with Crippen LogP contribution >= 0.6 is 0 Å². The summed E-state index contributed by atoms with van der Waals surface area (Å²) in [6, 6.07) is 9.06. The Labute approximate surface area is 191 Å². The third kappa shape index (κ3) is 4.51. The number of carbonyl (C=O) groups is 1. The van der Waals surface area contributed by atoms with Gasteiger partial charge in [0, 0.05) is 35.5 Å². The van der Waals surface area contributed by atoms with Gasteiger partial charge in [-0.05, 0) is 74.8 Å². The molecule has 0 spiro atoms. The van der Waals surface area contributed by atoms with Crippen molar-refractivity contribution < 1.29 is 28.2 Å². The summed E-state index contributed by atoms with van der Waals surface area (Å²) in [6.45, 7) is 0.724. The number of amides is 1. The van der Waals surface area contributed by atoms with E-state index in [2.05, 4.69) is 4.98 Å². The second-order valence-corrected chi connectivity index (χ2v) is 9.50. The van der Waals surface area contributed by atoms with Crippen LogP contribution in [0.1, 0.15) is 66.9 Å². The predicted octanol–water partition coefficient (Wildman–Crippen LogP) is 4.33. The number of aliphatic hydroxyl groups is 2. The first-order chi connectivity index (χ1) is 15.6. The maximum absolute atomic E-state index is 13.4. The van der Waals surface area contributed by atoms with Crippen molar-refractivity contribution in [3.8, 4) is 0 Å². The fourth-order valence-corrected chi connectivity index (χ4v) is 4.88. The van der Waals surface area contributed by atoms with E-state index in [4.69, 9.17) is 0 Å². The minimum absolute atomic E-state index is 0.0132. The van der Waals surface area contributed by atoms with E-state index >= 15 is 0 Å². The molecule has 2 aliphatic carbocycles. The molecule has 0 radical (unpaired) electrons. The number of nitrogens with zero attached hydrogens (tertiary/aromatic N) is 2. The van der Waals surface area contributed by atoms with Crippen molar-refractivity contribution in [1.82, 2.24) is 9.88 Å². The monoisotopic (exact) mass is 462 g/mol. The zero-order valence-corrected chi connectivity index (χ0v) is 18.6. The van der Waals surface area contributed by atoms with Crippen LogP contribution in [-0.2, 0) is 11.0 Å². The minimum Gasteiger partial charge on any atom is -0.395 e. The first-order valence-corrected chi connectivity index (χ1v) is 11.3. The van der Waals surface area contributed by atoms with Crippen LogP contribution in [0.15, 0.2) is 48.8 Å². The Bertz CT molecular complexity index is 965. The molecular formula is C25H29F3N2O3. The molecule has 0 unspecified atom stereocenters. The molecule has 0 saturated heterocycles. The number of rotatable bonds is 6. The van der Waals surface area contributed by atoms with Crippen molar-refractivity contribution in [2.75, 3.05) is 6.61 Å². The van der Waals surface area contributed by atoms with Gasteiger partial charge in [-0.1, -0.05) is 18.2 Å². The summed E-state index contributed by atoms with van der Waals surface area (Å²) in [4.78, 5) is 19.4. The van der Waals surface area contributed by atoms with Gasteiger partial charge < -0.3 is 15.1 Å². The molecule has 2 fully saturated rings. The third-order valence-corrected chi connectivity index (χ3v) is 7.30. The lowest BCUT2D eigenvalue weighted by Crippen LogP contribution is -2.47. The van der Waals surface area contributed by atoms with Gasteiger partial charge in [0.15, 0.2) is 5.60 Å². The van der Waals surface area contributed by atoms with E-state index in [0.717, 1.165) is 44.1 Å². The number of carbonyl (C=O) groups excluding carboxylic acids is 1. The van der Waals surface area contributed by atoms with E-state index < -0.39 is 11.8 Å². The topological polar surface area (TPSA) is 73.7 Å². The summed E-state index contributed by atoms with van der Waals surface area (Å²) in [7, 11) is 0. The second kappa shape index (κ2) is 8.72. The van der Waals surface area contributed by atoms with E-state index in [1.807, 2.05) is 17.0 Å². The molecular weight excluding hydrogens is 433 g/mol. The van der Waals surface area contributed by atoms with Crippen molar-refractivity contribution in [1.29, 1.82) is 0 Å². The highest BCUT2D eigenvalue weighted by atomic mass is 19.4. The number of aliphatic hydroxyl groups excluding tert-OH is 1. The van der Waals surface area contributed by atoms with Crippen LogP contribution in [0.25, 0.3) is 0 Å². The highest BCUT2D eigenvalue weighted by Gasteiger charge is 2.51. The van der Waals surface area contributed by atoms with Crippen molar-refractivity contribution in [3.63, 3.8) is 0 Å². The second-order valence-electron chi connectivity index (χ2n) is 9.50. The van der Waals surface area contributed by atoms with Crippen LogP contribution in [0.3, 0.4) is 0 Å². The molecule has 0 bridgehead atoms. The minimum atomic E-state index is -4.81. The maximum Gasteiger partial charge on any atom is 0.421 e. The van der Waals surface area contributed by atoms with Crippen molar-refractivity contribution in [3.05, 3.63) is 65.5 Å². The van der Waals surface area contributed by atoms with Crippen LogP contribution in [0.2, 0.25) is 0 Å². The Kier molecular flexibility index (Phi) is 6.26. The molecule has 1 heterocycles. The molecule has 2 aromatic rings. The molecule has 2 saturated carbocycles. The fraction of sp³-hybridized carbons (Fsp3) is 0.520. The summed E-state index contributed by atoms with van der Waals surface area (Å²) in [5.74, 6) is -0.196. The summed E-state index contributed by atoms with van der Waals surface area (Å²) < 4.78 is 39.4. The Hall–Kier alpha value is -2.45. The van der Waals surface area contributed by atoms with Crippen molar-refractivity contribution >= 4 is 5.91 Å². The van der Waals surface area contributed by atoms with Gasteiger partial charge in [-0.2, -0.15) is 13.2 Å². The van der Waals surface area contributed by atoms with E-state index in [0.29, 0.717) is 12.5 Å². The fourth-order valence-electron chi connectivity index (χ4n) is 4.88. The van der Waals surface area contributed by atoms with E-state index in [-0.39, 0.29) is 35.6 Å². The average molecular weight is 463 g/mol. The summed E-state index contributed by atoms with van der Waals surface area (Å²) in [6.07, 6.45) is 3.43. The number of aromatic nitrogens is 1. The largest absolute Gasteiger partial charge is 0.421 e. The van der Waals surface area contributed by atoms with Gasteiger partial charge in [-0.25, -0.2) is 0 Å². The predicted molar refractivity (Wildman–Crippen MR) is 117 cm³/mol. The van der Waals surface area contributed by atoms with Gasteiger partial charge in [0.05, 0.1) is 6.61 Å². The van der Waals surface area contributed by atoms with Gasteiger partial charge in [0.25, 0.3) is 5.91 Å². The number of hydrogen-bond donors (Lipinski definition) is 2. The molecule has 2 N–H and O–H groups in total. The van der Waals surface area contributed by atoms with Crippen LogP contribution in [0, 0.1) is 0 Å². The Morgan fingerprint density at radius 1 is 1.09 bits per heavy atom. The van der Waals surface area contributed by atoms with Crippen LogP contribution in [-0.4, -0.2) is 50.9 Å². The van der Waals surface area contributed by atoms with Gasteiger partial charge in [-0.3, -0.25) is 9.78 Å². The van der Waals surface area contributed by atoms with Gasteiger partial charge in [0.2, 0.25) is 0 Å². The van der Waals surface area contributed by atoms with E-state index in [1.54, 1.807) is 12.4 Å². The van der Waals surface area contributed by atoms with Crippen molar-refractivity contribution in [2.24, 2.45) is 0 Å². The molecule has 0 aliphatic heterocycles. The highest BCUT2D eigenvalue weighted by Crippen LogP contribution is 2.43. The first kappa shape index (κ1) is 23.7. The lowest BCUT2D eigenvalue weighted by molar-refractivity contribution is -0.258. The van der Waals surface area contributed by atoms with Crippen LogP contribution < -0.4 is 0 Å². The standard InChI is InChI=1S/C25H29F3N2O3/c1-23(33,25(26,27)28)18-6-4-17(5-7-18)22(32)30(20-8-9-20)21-10-12-24(16-31,13-11-21)19-3-2-14-29-15-19/h2-7,14-15,20-21,31,33H,8-13,16H2,1H3/t21?,23-,24?/m0/s1. The Morgan fingerprint density at radius 3 is 2.18 bits per heavy atom. The highest BCUT2D eigenvalue weighted by molar-refractivity contribution is 5.95. The molecule has 4 rings (SSSR count). The molecule has 33 heavy (non-hydrogen) atoms. The lowest BCUT2D eigenvalue weighted by atomic mass is 9.69. The number of alkyl halides is 3. The normalized spacial score (nSPS) is 25.3. The molecule has 1 aromatic heterocycles. The number of halogens is 3. The molecule has 1 amide bonds. The number of hydrogen-bond acceptors (Lipinski definition) is 4. The smallest absolute Gasteiger partial charge is 0.395 e. The average Bonchev–Trinajstić information content (AvgIpc) is 3.65. The number of benzene rings is 1. The molecule has 1 aromatic carbocycles. The lowest BCUT2D eigenvalue weighted by Gasteiger charge is -2.43. The van der Waals surface area contributed by atoms with Gasteiger partial charge in [-0.15, -0.1) is 0 Å². The SMILES string of the molecule is C[C@](O)(c1ccc(C(=O)N(C2CC2)C2CCC(CO)(c3cccnc3)CC2)cc1)C(F)(F)F. The first-order valence-electron chi connectivity index (χ1n) is 11.3. The maximum atomic E-state index is 13.4. The van der Waals surface area contributed by atoms with E-state index in [9.17, 15) is 28.2 Å². The van der Waals surface area contributed by atoms with E-state index in [1.165, 1.54) is 24.3 Å². The Morgan fingerprint density at radius 2 is 1.70 bits per heavy atom.